The minimum atomic E-state index is -0.928. The van der Waals surface area contributed by atoms with Crippen LogP contribution >= 0.6 is 0 Å². The van der Waals surface area contributed by atoms with Gasteiger partial charge in [0.25, 0.3) is 0 Å². The zero-order chi connectivity index (χ0) is 10.7. The smallest absolute Gasteiger partial charge is 0.872 e. The molecule has 0 heterocycles. The van der Waals surface area contributed by atoms with Gasteiger partial charge in [0.1, 0.15) is 5.75 Å². The summed E-state index contributed by atoms with van der Waals surface area (Å²) in [5.74, 6) is -2.18. The molecule has 0 aliphatic carbocycles. The van der Waals surface area contributed by atoms with Crippen LogP contribution in [0.25, 0.3) is 0 Å². The van der Waals surface area contributed by atoms with Crippen LogP contribution in [-0.2, 0) is 4.74 Å². The molecule has 7 heteroatoms. The summed E-state index contributed by atoms with van der Waals surface area (Å²) in [6.45, 7) is 0. The molecular weight excluding hydrogens is 234 g/mol. The molecule has 0 saturated heterocycles. The molecule has 0 fully saturated rings. The van der Waals surface area contributed by atoms with E-state index in [1.54, 1.807) is 0 Å². The normalized spacial score (nSPS) is 8.38. The molecule has 0 N–H and O–H groups in total. The first-order valence-corrected chi connectivity index (χ1v) is 3.74. The molecule has 0 atom stereocenters. The molecule has 1 aromatic carbocycles. The Balaban J connectivity index is 0. The molecule has 0 unspecified atom stereocenters. The van der Waals surface area contributed by atoms with E-state index in [4.69, 9.17) is 4.74 Å². The van der Waals surface area contributed by atoms with Gasteiger partial charge in [0.05, 0.1) is 14.2 Å². The molecule has 76 valence electrons. The third kappa shape index (κ3) is 4.16. The molecule has 0 spiro atoms. The molecular formula is C9H8Na2O5. The molecule has 1 aromatic rings. The molecule has 0 aliphatic heterocycles. The SMILES string of the molecule is COC(=O)c1c([O-])cc(OC)cc1[O-].[Na+].[Na+]. The number of rotatable bonds is 2. The molecule has 16 heavy (non-hydrogen) atoms. The Hall–Kier alpha value is 0.0900. The molecule has 0 aliphatic rings. The Morgan fingerprint density at radius 1 is 1.12 bits per heavy atom. The largest absolute Gasteiger partial charge is 1.00 e. The zero-order valence-electron chi connectivity index (χ0n) is 9.70. The van der Waals surface area contributed by atoms with E-state index in [9.17, 15) is 15.0 Å². The maximum atomic E-state index is 11.2. The van der Waals surface area contributed by atoms with Crippen LogP contribution in [0, 0.1) is 0 Å². The van der Waals surface area contributed by atoms with Crippen molar-refractivity contribution < 1.29 is 83.6 Å². The molecule has 1 rings (SSSR count). The van der Waals surface area contributed by atoms with Gasteiger partial charge < -0.3 is 19.7 Å². The molecule has 0 aromatic heterocycles. The van der Waals surface area contributed by atoms with E-state index in [2.05, 4.69) is 4.74 Å². The standard InChI is InChI=1S/C9H10O5.2Na/c1-13-5-3-6(10)8(7(11)4-5)9(12)14-2;;/h3-4,10-11H,1-2H3;;/q;2*+1/p-2. The van der Waals surface area contributed by atoms with Gasteiger partial charge in [0.15, 0.2) is 0 Å². The maximum Gasteiger partial charge on any atom is 1.00 e. The predicted molar refractivity (Wildman–Crippen MR) is 43.2 cm³/mol. The summed E-state index contributed by atoms with van der Waals surface area (Å²) in [5, 5.41) is 22.5. The number of methoxy groups -OCH3 is 2. The van der Waals surface area contributed by atoms with Crippen LogP contribution < -0.4 is 74.1 Å². The fourth-order valence-electron chi connectivity index (χ4n) is 0.987. The van der Waals surface area contributed by atoms with Crippen molar-refractivity contribution in [1.29, 1.82) is 0 Å². The van der Waals surface area contributed by atoms with Crippen molar-refractivity contribution in [3.63, 3.8) is 0 Å². The number of esters is 1. The third-order valence-electron chi connectivity index (χ3n) is 1.66. The first-order chi connectivity index (χ1) is 6.60. The fraction of sp³-hybridized carbons (Fsp3) is 0.222. The summed E-state index contributed by atoms with van der Waals surface area (Å²) in [6, 6.07) is 2.13. The average Bonchev–Trinajstić information content (AvgIpc) is 2.16. The topological polar surface area (TPSA) is 81.7 Å². The minimum absolute atomic E-state index is 0. The Morgan fingerprint density at radius 2 is 1.56 bits per heavy atom. The van der Waals surface area contributed by atoms with Gasteiger partial charge in [0, 0.05) is 5.56 Å². The van der Waals surface area contributed by atoms with Crippen LogP contribution in [0.1, 0.15) is 10.4 Å². The van der Waals surface area contributed by atoms with Gasteiger partial charge in [-0.05, 0) is 12.1 Å². The Kier molecular flexibility index (Phi) is 9.48. The maximum absolute atomic E-state index is 11.2. The Bertz CT molecular complexity index is 344. The molecule has 0 amide bonds. The summed E-state index contributed by atoms with van der Waals surface area (Å²) in [6.07, 6.45) is 0. The second-order valence-electron chi connectivity index (χ2n) is 2.49. The van der Waals surface area contributed by atoms with Crippen molar-refractivity contribution in [1.82, 2.24) is 0 Å². The number of carbonyl (C=O) groups excluding carboxylic acids is 1. The average molecular weight is 242 g/mol. The van der Waals surface area contributed by atoms with Gasteiger partial charge in [-0.25, -0.2) is 4.79 Å². The summed E-state index contributed by atoms with van der Waals surface area (Å²) in [7, 11) is 2.43. The minimum Gasteiger partial charge on any atom is -0.872 e. The van der Waals surface area contributed by atoms with E-state index >= 15 is 0 Å². The van der Waals surface area contributed by atoms with E-state index < -0.39 is 23.0 Å². The van der Waals surface area contributed by atoms with Crippen molar-refractivity contribution in [2.24, 2.45) is 0 Å². The van der Waals surface area contributed by atoms with Crippen LogP contribution in [0.5, 0.6) is 17.2 Å². The predicted octanol–water partition coefficient (Wildman–Crippen LogP) is -6.36. The van der Waals surface area contributed by atoms with Gasteiger partial charge in [-0.2, -0.15) is 0 Å². The van der Waals surface area contributed by atoms with Gasteiger partial charge in [0.2, 0.25) is 0 Å². The van der Waals surface area contributed by atoms with Crippen LogP contribution in [0.2, 0.25) is 0 Å². The number of ether oxygens (including phenoxy) is 2. The van der Waals surface area contributed by atoms with Crippen molar-refractivity contribution >= 4 is 5.97 Å². The van der Waals surface area contributed by atoms with Crippen molar-refractivity contribution in [3.8, 4) is 17.2 Å². The van der Waals surface area contributed by atoms with E-state index in [0.717, 1.165) is 19.2 Å². The first kappa shape index (κ1) is 18.5. The van der Waals surface area contributed by atoms with Crippen LogP contribution in [-0.4, -0.2) is 20.2 Å². The quantitative estimate of drug-likeness (QED) is 0.380. The summed E-state index contributed by atoms with van der Waals surface area (Å²) in [5.41, 5.74) is -0.492. The summed E-state index contributed by atoms with van der Waals surface area (Å²) >= 11 is 0. The van der Waals surface area contributed by atoms with Crippen molar-refractivity contribution in [2.45, 2.75) is 0 Å². The van der Waals surface area contributed by atoms with Gasteiger partial charge in [-0.3, -0.25) is 0 Å². The van der Waals surface area contributed by atoms with Gasteiger partial charge in [-0.15, -0.1) is 0 Å². The summed E-state index contributed by atoms with van der Waals surface area (Å²) < 4.78 is 8.98. The molecule has 0 radical (unpaired) electrons. The van der Waals surface area contributed by atoms with E-state index in [0.29, 0.717) is 0 Å². The van der Waals surface area contributed by atoms with Crippen LogP contribution in [0.4, 0.5) is 0 Å². The monoisotopic (exact) mass is 242 g/mol. The summed E-state index contributed by atoms with van der Waals surface area (Å²) in [4.78, 5) is 11.0. The second kappa shape index (κ2) is 8.22. The van der Waals surface area contributed by atoms with E-state index in [1.807, 2.05) is 0 Å². The molecule has 0 saturated carbocycles. The van der Waals surface area contributed by atoms with Crippen molar-refractivity contribution in [2.75, 3.05) is 14.2 Å². The van der Waals surface area contributed by atoms with Gasteiger partial charge >= 0.3 is 65.1 Å². The van der Waals surface area contributed by atoms with Crippen LogP contribution in [0.3, 0.4) is 0 Å². The van der Waals surface area contributed by atoms with E-state index in [-0.39, 0.29) is 64.9 Å². The van der Waals surface area contributed by atoms with Gasteiger partial charge in [-0.1, -0.05) is 11.5 Å². The number of hydrogen-bond donors (Lipinski definition) is 0. The fourth-order valence-corrected chi connectivity index (χ4v) is 0.987. The van der Waals surface area contributed by atoms with Crippen molar-refractivity contribution in [3.05, 3.63) is 17.7 Å². The molecule has 0 bridgehead atoms. The first-order valence-electron chi connectivity index (χ1n) is 3.74. The third-order valence-corrected chi connectivity index (χ3v) is 1.66. The number of carbonyl (C=O) groups is 1. The number of hydrogen-bond acceptors (Lipinski definition) is 5. The van der Waals surface area contributed by atoms with E-state index in [1.165, 1.54) is 7.11 Å². The Morgan fingerprint density at radius 3 is 1.88 bits per heavy atom. The number of benzene rings is 1. The zero-order valence-corrected chi connectivity index (χ0v) is 13.7. The Labute approximate surface area is 137 Å². The second-order valence-corrected chi connectivity index (χ2v) is 2.49. The van der Waals surface area contributed by atoms with Crippen LogP contribution in [0.15, 0.2) is 12.1 Å². The molecule has 5 nitrogen and oxygen atoms in total.